The summed E-state index contributed by atoms with van der Waals surface area (Å²) in [6.45, 7) is 6.05. The first-order chi connectivity index (χ1) is 8.45. The fourth-order valence-corrected chi connectivity index (χ4v) is 2.34. The van der Waals surface area contributed by atoms with Gasteiger partial charge >= 0.3 is 0 Å². The van der Waals surface area contributed by atoms with E-state index in [1.54, 1.807) is 0 Å². The van der Waals surface area contributed by atoms with Crippen molar-refractivity contribution in [3.8, 4) is 0 Å². The van der Waals surface area contributed by atoms with Crippen molar-refractivity contribution in [2.24, 2.45) is 22.7 Å². The van der Waals surface area contributed by atoms with Crippen molar-refractivity contribution in [3.05, 3.63) is 0 Å². The van der Waals surface area contributed by atoms with E-state index in [0.717, 1.165) is 32.1 Å². The fourth-order valence-electron chi connectivity index (χ4n) is 2.34. The Balaban J connectivity index is 2.83. The third kappa shape index (κ3) is 3.15. The number of oxime groups is 1. The number of nitrogens with two attached hydrogens (primary N) is 1. The molecule has 0 aromatic carbocycles. The Hall–Kier alpha value is -1.26. The summed E-state index contributed by atoms with van der Waals surface area (Å²) >= 11 is 0. The molecule has 1 amide bonds. The second-order valence-corrected chi connectivity index (χ2v) is 5.55. The zero-order valence-electron chi connectivity index (χ0n) is 11.6. The number of amides is 1. The van der Waals surface area contributed by atoms with Crippen LogP contribution in [0.4, 0.5) is 0 Å². The lowest BCUT2D eigenvalue weighted by Gasteiger charge is -2.39. The molecule has 5 heteroatoms. The number of amidine groups is 1. The number of nitrogens with zero attached hydrogens (tertiary/aromatic N) is 1. The van der Waals surface area contributed by atoms with Crippen molar-refractivity contribution >= 4 is 11.7 Å². The molecule has 1 atom stereocenters. The van der Waals surface area contributed by atoms with Crippen molar-refractivity contribution in [2.45, 2.75) is 58.4 Å². The van der Waals surface area contributed by atoms with Crippen LogP contribution in [-0.4, -0.2) is 22.5 Å². The van der Waals surface area contributed by atoms with Gasteiger partial charge in [-0.3, -0.25) is 4.79 Å². The molecule has 104 valence electrons. The van der Waals surface area contributed by atoms with Gasteiger partial charge in [0.25, 0.3) is 0 Å². The molecule has 4 N–H and O–H groups in total. The summed E-state index contributed by atoms with van der Waals surface area (Å²) in [4.78, 5) is 12.0. The Kier molecular flexibility index (Phi) is 4.99. The number of rotatable bonds is 4. The number of hydrogen-bond acceptors (Lipinski definition) is 3. The average Bonchev–Trinajstić information content (AvgIpc) is 2.39. The van der Waals surface area contributed by atoms with Crippen molar-refractivity contribution < 1.29 is 10.0 Å². The average molecular weight is 255 g/mol. The molecule has 1 fully saturated rings. The second-order valence-electron chi connectivity index (χ2n) is 5.55. The van der Waals surface area contributed by atoms with E-state index in [-0.39, 0.29) is 17.7 Å². The van der Waals surface area contributed by atoms with E-state index in [0.29, 0.717) is 5.92 Å². The smallest absolute Gasteiger partial charge is 0.223 e. The monoisotopic (exact) mass is 255 g/mol. The number of nitrogens with one attached hydrogen (secondary N) is 1. The Morgan fingerprint density at radius 3 is 2.56 bits per heavy atom. The topological polar surface area (TPSA) is 87.7 Å². The van der Waals surface area contributed by atoms with Crippen LogP contribution in [0.2, 0.25) is 0 Å². The summed E-state index contributed by atoms with van der Waals surface area (Å²) in [5.74, 6) is 0.697. The molecule has 1 unspecified atom stereocenters. The minimum Gasteiger partial charge on any atom is -0.409 e. The third-order valence-electron chi connectivity index (χ3n) is 4.15. The van der Waals surface area contributed by atoms with E-state index in [1.807, 2.05) is 13.8 Å². The molecule has 18 heavy (non-hydrogen) atoms. The van der Waals surface area contributed by atoms with E-state index >= 15 is 0 Å². The van der Waals surface area contributed by atoms with Crippen LogP contribution in [0.5, 0.6) is 0 Å². The molecule has 0 aliphatic heterocycles. The number of carbonyl (C=O) groups is 1. The van der Waals surface area contributed by atoms with Gasteiger partial charge in [-0.05, 0) is 38.0 Å². The molecule has 1 aliphatic carbocycles. The summed E-state index contributed by atoms with van der Waals surface area (Å²) in [7, 11) is 0. The highest BCUT2D eigenvalue weighted by atomic mass is 16.4. The Bertz CT molecular complexity index is 320. The molecule has 1 aliphatic rings. The van der Waals surface area contributed by atoms with E-state index in [4.69, 9.17) is 10.9 Å². The molecule has 5 nitrogen and oxygen atoms in total. The molecular formula is C13H25N3O2. The third-order valence-corrected chi connectivity index (χ3v) is 4.15. The highest BCUT2D eigenvalue weighted by molar-refractivity contribution is 5.94. The van der Waals surface area contributed by atoms with Gasteiger partial charge in [0.2, 0.25) is 5.91 Å². The first-order valence-electron chi connectivity index (χ1n) is 6.75. The summed E-state index contributed by atoms with van der Waals surface area (Å²) < 4.78 is 0. The van der Waals surface area contributed by atoms with Crippen LogP contribution in [-0.2, 0) is 4.79 Å². The maximum absolute atomic E-state index is 12.0. The van der Waals surface area contributed by atoms with E-state index < -0.39 is 5.54 Å². The maximum atomic E-state index is 12.0. The van der Waals surface area contributed by atoms with Crippen LogP contribution >= 0.6 is 0 Å². The minimum absolute atomic E-state index is 0.0151. The lowest BCUT2D eigenvalue weighted by Crippen LogP contribution is -2.60. The Labute approximate surface area is 109 Å². The standard InChI is InChI=1S/C13H25N3O2/c1-4-10(3)11(17)15-13(12(14)16-18)7-5-9(2)6-8-13/h9-10,18H,4-8H2,1-3H3,(H2,14,16)(H,15,17). The second kappa shape index (κ2) is 6.07. The quantitative estimate of drug-likeness (QED) is 0.310. The summed E-state index contributed by atoms with van der Waals surface area (Å²) in [6.07, 6.45) is 4.24. The molecule has 0 aromatic rings. The molecule has 0 heterocycles. The SMILES string of the molecule is CCC(C)C(=O)NC1(/C(N)=N/O)CCC(C)CC1. The van der Waals surface area contributed by atoms with Crippen LogP contribution in [0.1, 0.15) is 52.9 Å². The van der Waals surface area contributed by atoms with Crippen molar-refractivity contribution in [3.63, 3.8) is 0 Å². The van der Waals surface area contributed by atoms with Crippen LogP contribution < -0.4 is 11.1 Å². The van der Waals surface area contributed by atoms with E-state index in [1.165, 1.54) is 0 Å². The van der Waals surface area contributed by atoms with Crippen LogP contribution in [0, 0.1) is 11.8 Å². The van der Waals surface area contributed by atoms with Crippen LogP contribution in [0.15, 0.2) is 5.16 Å². The van der Waals surface area contributed by atoms with Crippen molar-refractivity contribution in [1.82, 2.24) is 5.32 Å². The first kappa shape index (κ1) is 14.8. The zero-order chi connectivity index (χ0) is 13.8. The number of hydrogen-bond donors (Lipinski definition) is 3. The van der Waals surface area contributed by atoms with Gasteiger partial charge in [-0.1, -0.05) is 25.9 Å². The van der Waals surface area contributed by atoms with Crippen molar-refractivity contribution in [2.75, 3.05) is 0 Å². The molecule has 1 rings (SSSR count). The number of carbonyl (C=O) groups excluding carboxylic acids is 1. The van der Waals surface area contributed by atoms with Gasteiger partial charge in [0.15, 0.2) is 5.84 Å². The van der Waals surface area contributed by atoms with Crippen molar-refractivity contribution in [1.29, 1.82) is 0 Å². The molecule has 0 spiro atoms. The molecule has 1 saturated carbocycles. The first-order valence-corrected chi connectivity index (χ1v) is 6.75. The van der Waals surface area contributed by atoms with Gasteiger partial charge in [-0.15, -0.1) is 0 Å². The normalized spacial score (nSPS) is 30.8. The van der Waals surface area contributed by atoms with Gasteiger partial charge in [-0.2, -0.15) is 0 Å². The Morgan fingerprint density at radius 2 is 2.11 bits per heavy atom. The Morgan fingerprint density at radius 1 is 1.56 bits per heavy atom. The summed E-state index contributed by atoms with van der Waals surface area (Å²) in [6, 6.07) is 0. The lowest BCUT2D eigenvalue weighted by atomic mass is 9.76. The van der Waals surface area contributed by atoms with E-state index in [9.17, 15) is 4.79 Å². The largest absolute Gasteiger partial charge is 0.409 e. The molecule has 0 bridgehead atoms. The molecule has 0 radical (unpaired) electrons. The molecule has 0 saturated heterocycles. The minimum atomic E-state index is -0.651. The summed E-state index contributed by atoms with van der Waals surface area (Å²) in [5, 5.41) is 15.1. The lowest BCUT2D eigenvalue weighted by molar-refractivity contribution is -0.126. The van der Waals surface area contributed by atoms with Gasteiger partial charge in [0, 0.05) is 5.92 Å². The highest BCUT2D eigenvalue weighted by Gasteiger charge is 2.40. The van der Waals surface area contributed by atoms with Crippen LogP contribution in [0.3, 0.4) is 0 Å². The highest BCUT2D eigenvalue weighted by Crippen LogP contribution is 2.32. The summed E-state index contributed by atoms with van der Waals surface area (Å²) in [5.41, 5.74) is 5.15. The van der Waals surface area contributed by atoms with Gasteiger partial charge < -0.3 is 16.3 Å². The van der Waals surface area contributed by atoms with Gasteiger partial charge in [0.05, 0.1) is 0 Å². The maximum Gasteiger partial charge on any atom is 0.223 e. The van der Waals surface area contributed by atoms with E-state index in [2.05, 4.69) is 17.4 Å². The van der Waals surface area contributed by atoms with Gasteiger partial charge in [0.1, 0.15) is 5.54 Å². The van der Waals surface area contributed by atoms with Crippen LogP contribution in [0.25, 0.3) is 0 Å². The fraction of sp³-hybridized carbons (Fsp3) is 0.846. The zero-order valence-corrected chi connectivity index (χ0v) is 11.6. The molecule has 0 aromatic heterocycles. The predicted molar refractivity (Wildman–Crippen MR) is 71.4 cm³/mol. The van der Waals surface area contributed by atoms with Gasteiger partial charge in [-0.25, -0.2) is 0 Å². The molecular weight excluding hydrogens is 230 g/mol. The predicted octanol–water partition coefficient (Wildman–Crippen LogP) is 1.84.